The van der Waals surface area contributed by atoms with Crippen LogP contribution in [0.15, 0.2) is 53.0 Å². The van der Waals surface area contributed by atoms with Gasteiger partial charge >= 0.3 is 0 Å². The zero-order chi connectivity index (χ0) is 16.7. The van der Waals surface area contributed by atoms with Crippen molar-refractivity contribution in [3.63, 3.8) is 0 Å². The summed E-state index contributed by atoms with van der Waals surface area (Å²) in [5, 5.41) is 0.850. The van der Waals surface area contributed by atoms with Gasteiger partial charge in [-0.3, -0.25) is 0 Å². The maximum Gasteiger partial charge on any atom is 0.179 e. The highest BCUT2D eigenvalue weighted by Gasteiger charge is 2.12. The van der Waals surface area contributed by atoms with Crippen LogP contribution in [-0.2, 0) is 6.42 Å². The van der Waals surface area contributed by atoms with E-state index in [0.29, 0.717) is 28.2 Å². The fourth-order valence-corrected chi connectivity index (χ4v) is 2.55. The summed E-state index contributed by atoms with van der Waals surface area (Å²) in [5.74, 6) is 0.896. The van der Waals surface area contributed by atoms with Gasteiger partial charge in [-0.05, 0) is 17.7 Å². The van der Waals surface area contributed by atoms with Crippen molar-refractivity contribution in [2.75, 3.05) is 13.2 Å². The summed E-state index contributed by atoms with van der Waals surface area (Å²) < 4.78 is 11.5. The van der Waals surface area contributed by atoms with Gasteiger partial charge in [-0.2, -0.15) is 0 Å². The van der Waals surface area contributed by atoms with Gasteiger partial charge in [0.25, 0.3) is 0 Å². The van der Waals surface area contributed by atoms with Crippen molar-refractivity contribution in [2.45, 2.75) is 6.42 Å². The first-order valence-electron chi connectivity index (χ1n) is 6.86. The molecule has 0 bridgehead atoms. The lowest BCUT2D eigenvalue weighted by molar-refractivity contribution is 0.286. The molecule has 23 heavy (non-hydrogen) atoms. The first-order chi connectivity index (χ1) is 11.1. The van der Waals surface area contributed by atoms with Gasteiger partial charge in [-0.1, -0.05) is 76.7 Å². The van der Waals surface area contributed by atoms with Crippen LogP contribution in [0, 0.1) is 0 Å². The third kappa shape index (κ3) is 6.15. The molecule has 0 aliphatic carbocycles. The van der Waals surface area contributed by atoms with Gasteiger partial charge in [0, 0.05) is 17.5 Å². The van der Waals surface area contributed by atoms with E-state index in [9.17, 15) is 0 Å². The lowest BCUT2D eigenvalue weighted by Crippen LogP contribution is -2.04. The van der Waals surface area contributed by atoms with Crippen molar-refractivity contribution >= 4 is 46.4 Å². The van der Waals surface area contributed by atoms with Crippen LogP contribution in [0.2, 0.25) is 10.0 Å². The highest BCUT2D eigenvalue weighted by atomic mass is 35.5. The normalized spacial score (nSPS) is 10.3. The van der Waals surface area contributed by atoms with Crippen LogP contribution in [0.4, 0.5) is 0 Å². The summed E-state index contributed by atoms with van der Waals surface area (Å²) in [7, 11) is 0. The van der Waals surface area contributed by atoms with Gasteiger partial charge in [0.05, 0.1) is 11.6 Å². The van der Waals surface area contributed by atoms with Crippen molar-refractivity contribution in [1.29, 1.82) is 0 Å². The fraction of sp³-hybridized carbons (Fsp3) is 0.176. The molecule has 122 valence electrons. The molecule has 0 spiro atoms. The van der Waals surface area contributed by atoms with Crippen molar-refractivity contribution < 1.29 is 9.47 Å². The molecule has 2 aromatic carbocycles. The zero-order valence-corrected chi connectivity index (χ0v) is 15.1. The number of hydrogen-bond acceptors (Lipinski definition) is 2. The maximum atomic E-state index is 6.20. The Morgan fingerprint density at radius 1 is 1.00 bits per heavy atom. The van der Waals surface area contributed by atoms with Gasteiger partial charge in [-0.25, -0.2) is 0 Å². The molecule has 0 N–H and O–H groups in total. The molecule has 6 heteroatoms. The van der Waals surface area contributed by atoms with Crippen LogP contribution in [0.5, 0.6) is 11.5 Å². The number of hydrogen-bond donors (Lipinski definition) is 0. The predicted octanol–water partition coefficient (Wildman–Crippen LogP) is 6.31. The van der Waals surface area contributed by atoms with Crippen LogP contribution in [-0.4, -0.2) is 13.2 Å². The molecule has 0 unspecified atom stereocenters. The van der Waals surface area contributed by atoms with Gasteiger partial charge in [0.2, 0.25) is 0 Å². The molecule has 2 aromatic rings. The van der Waals surface area contributed by atoms with Crippen LogP contribution in [0.3, 0.4) is 0 Å². The highest BCUT2D eigenvalue weighted by Crippen LogP contribution is 2.38. The molecular weight excluding hydrogens is 378 g/mol. The Morgan fingerprint density at radius 2 is 1.74 bits per heavy atom. The van der Waals surface area contributed by atoms with E-state index in [-0.39, 0.29) is 11.1 Å². The molecule has 0 heterocycles. The smallest absolute Gasteiger partial charge is 0.179 e. The van der Waals surface area contributed by atoms with Gasteiger partial charge < -0.3 is 9.47 Å². The highest BCUT2D eigenvalue weighted by molar-refractivity contribution is 6.55. The van der Waals surface area contributed by atoms with Gasteiger partial charge in [0.15, 0.2) is 11.5 Å². The van der Waals surface area contributed by atoms with Crippen LogP contribution in [0.1, 0.15) is 5.56 Å². The second-order valence-electron chi connectivity index (χ2n) is 4.60. The van der Waals surface area contributed by atoms with E-state index in [4.69, 9.17) is 55.9 Å². The van der Waals surface area contributed by atoms with Crippen LogP contribution < -0.4 is 9.47 Å². The maximum absolute atomic E-state index is 6.20. The van der Waals surface area contributed by atoms with E-state index >= 15 is 0 Å². The average molecular weight is 392 g/mol. The van der Waals surface area contributed by atoms with E-state index in [1.54, 1.807) is 12.1 Å². The topological polar surface area (TPSA) is 18.5 Å². The quantitative estimate of drug-likeness (QED) is 0.550. The molecule has 0 aliphatic heterocycles. The lowest BCUT2D eigenvalue weighted by Gasteiger charge is -2.14. The first kappa shape index (κ1) is 18.3. The van der Waals surface area contributed by atoms with Crippen molar-refractivity contribution in [3.8, 4) is 11.5 Å². The zero-order valence-electron chi connectivity index (χ0n) is 12.1. The molecule has 0 amide bonds. The number of rotatable bonds is 7. The minimum absolute atomic E-state index is 0.129. The van der Waals surface area contributed by atoms with E-state index in [0.717, 1.165) is 6.42 Å². The second kappa shape index (κ2) is 9.29. The molecule has 2 rings (SSSR count). The van der Waals surface area contributed by atoms with Crippen molar-refractivity contribution in [1.82, 2.24) is 0 Å². The van der Waals surface area contributed by atoms with E-state index < -0.39 is 0 Å². The summed E-state index contributed by atoms with van der Waals surface area (Å²) >= 11 is 23.3. The molecule has 0 saturated heterocycles. The van der Waals surface area contributed by atoms with E-state index in [2.05, 4.69) is 0 Å². The Bertz CT molecular complexity index is 668. The predicted molar refractivity (Wildman–Crippen MR) is 97.4 cm³/mol. The molecule has 2 nitrogen and oxygen atoms in total. The summed E-state index contributed by atoms with van der Waals surface area (Å²) in [4.78, 5) is 0. The number of benzene rings is 2. The third-order valence-electron chi connectivity index (χ3n) is 2.93. The summed E-state index contributed by atoms with van der Waals surface area (Å²) in [5.41, 5.74) is 1.18. The molecule has 0 radical (unpaired) electrons. The van der Waals surface area contributed by atoms with Crippen molar-refractivity contribution in [2.24, 2.45) is 0 Å². The standard InChI is InChI=1S/C17H14Cl4O2/c18-13-10-14(19)17(15(11-13)22-9-7-16(20)21)23-8-6-12-4-2-1-3-5-12/h1-5,7,10-11H,6,8-9H2. The van der Waals surface area contributed by atoms with E-state index in [1.165, 1.54) is 11.6 Å². The third-order valence-corrected chi connectivity index (χ3v) is 3.74. The fourth-order valence-electron chi connectivity index (χ4n) is 1.89. The number of ether oxygens (including phenoxy) is 2. The number of halogens is 4. The lowest BCUT2D eigenvalue weighted by atomic mass is 10.2. The second-order valence-corrected chi connectivity index (χ2v) is 6.46. The minimum Gasteiger partial charge on any atom is -0.488 e. The van der Waals surface area contributed by atoms with Crippen LogP contribution in [0.25, 0.3) is 0 Å². The molecule has 0 fully saturated rings. The Labute approximate surface area is 155 Å². The molecule has 0 atom stereocenters. The molecule has 0 saturated carbocycles. The minimum atomic E-state index is 0.129. The molecule has 0 aromatic heterocycles. The average Bonchev–Trinajstić information content (AvgIpc) is 2.50. The van der Waals surface area contributed by atoms with Gasteiger partial charge in [-0.15, -0.1) is 0 Å². The van der Waals surface area contributed by atoms with Gasteiger partial charge in [0.1, 0.15) is 11.1 Å². The van der Waals surface area contributed by atoms with Crippen LogP contribution >= 0.6 is 46.4 Å². The molecule has 0 aliphatic rings. The molecular formula is C17H14Cl4O2. The van der Waals surface area contributed by atoms with E-state index in [1.807, 2.05) is 30.3 Å². The summed E-state index contributed by atoms with van der Waals surface area (Å²) in [6.45, 7) is 0.655. The SMILES string of the molecule is ClC(Cl)=CCOc1cc(Cl)cc(Cl)c1OCCc1ccccc1. The first-order valence-corrected chi connectivity index (χ1v) is 8.37. The summed E-state index contributed by atoms with van der Waals surface area (Å²) in [6.07, 6.45) is 2.28. The monoisotopic (exact) mass is 390 g/mol. The summed E-state index contributed by atoms with van der Waals surface area (Å²) in [6, 6.07) is 13.3. The Morgan fingerprint density at radius 3 is 2.43 bits per heavy atom. The Hall–Kier alpha value is -1.06. The Balaban J connectivity index is 2.05. The Kier molecular flexibility index (Phi) is 7.38. The van der Waals surface area contributed by atoms with Crippen molar-refractivity contribution in [3.05, 3.63) is 68.6 Å². The largest absolute Gasteiger partial charge is 0.488 e.